The third kappa shape index (κ3) is 3.62. The third-order valence-electron chi connectivity index (χ3n) is 3.15. The van der Waals surface area contributed by atoms with E-state index >= 15 is 0 Å². The summed E-state index contributed by atoms with van der Waals surface area (Å²) in [6, 6.07) is 8.20. The van der Waals surface area contributed by atoms with Gasteiger partial charge in [-0.1, -0.05) is 22.9 Å². The lowest BCUT2D eigenvalue weighted by atomic mass is 10.2. The van der Waals surface area contributed by atoms with Gasteiger partial charge in [0.25, 0.3) is 0 Å². The van der Waals surface area contributed by atoms with Gasteiger partial charge in [-0.2, -0.15) is 4.98 Å². The molecule has 2 aromatic rings. The Labute approximate surface area is 126 Å². The molecule has 21 heavy (non-hydrogen) atoms. The van der Waals surface area contributed by atoms with E-state index in [9.17, 15) is 4.79 Å². The second-order valence-corrected chi connectivity index (χ2v) is 5.94. The highest BCUT2D eigenvalue weighted by Crippen LogP contribution is 2.23. The maximum atomic E-state index is 11.1. The molecule has 1 unspecified atom stereocenters. The van der Waals surface area contributed by atoms with Crippen molar-refractivity contribution < 1.29 is 9.32 Å². The van der Waals surface area contributed by atoms with Gasteiger partial charge in [0.1, 0.15) is 6.04 Å². The summed E-state index contributed by atoms with van der Waals surface area (Å²) < 4.78 is 5.26. The molecule has 1 aromatic heterocycles. The fourth-order valence-corrected chi connectivity index (χ4v) is 2.92. The molecule has 0 saturated carbocycles. The van der Waals surface area contributed by atoms with Crippen molar-refractivity contribution in [1.29, 1.82) is 0 Å². The first kappa shape index (κ1) is 14.1. The predicted octanol–water partition coefficient (Wildman–Crippen LogP) is 1.43. The van der Waals surface area contributed by atoms with Crippen LogP contribution in [0.4, 0.5) is 0 Å². The Bertz CT molecular complexity index is 633. The number of aryl methyl sites for hydroxylation is 1. The van der Waals surface area contributed by atoms with Crippen LogP contribution in [0.25, 0.3) is 0 Å². The highest BCUT2D eigenvalue weighted by Gasteiger charge is 2.23. The lowest BCUT2D eigenvalue weighted by molar-refractivity contribution is -0.121. The molecule has 1 aliphatic heterocycles. The Kier molecular flexibility index (Phi) is 4.21. The number of nitrogens with zero attached hydrogens (tertiary/aromatic N) is 2. The quantitative estimate of drug-likeness (QED) is 0.832. The summed E-state index contributed by atoms with van der Waals surface area (Å²) in [4.78, 5) is 16.7. The lowest BCUT2D eigenvalue weighted by Gasteiger charge is -2.20. The number of hydrogen-bond donors (Lipinski definition) is 2. The maximum Gasteiger partial charge on any atom is 0.245 e. The minimum Gasteiger partial charge on any atom is -0.353 e. The Morgan fingerprint density at radius 1 is 1.48 bits per heavy atom. The zero-order valence-electron chi connectivity index (χ0n) is 11.6. The van der Waals surface area contributed by atoms with E-state index in [2.05, 4.69) is 45.9 Å². The highest BCUT2D eigenvalue weighted by atomic mass is 32.2. The predicted molar refractivity (Wildman–Crippen MR) is 78.8 cm³/mol. The van der Waals surface area contributed by atoms with E-state index in [0.29, 0.717) is 24.0 Å². The molecule has 1 atom stereocenters. The summed E-state index contributed by atoms with van der Waals surface area (Å²) in [7, 11) is 0. The maximum absolute atomic E-state index is 11.1. The molecule has 1 saturated heterocycles. The normalized spacial score (nSPS) is 18.5. The molecule has 2 N–H and O–H groups in total. The Morgan fingerprint density at radius 2 is 2.38 bits per heavy atom. The van der Waals surface area contributed by atoms with Crippen molar-refractivity contribution in [3.05, 3.63) is 41.5 Å². The van der Waals surface area contributed by atoms with Gasteiger partial charge >= 0.3 is 0 Å². The van der Waals surface area contributed by atoms with Crippen LogP contribution in [0.2, 0.25) is 0 Å². The molecular weight excluding hydrogens is 288 g/mol. The van der Waals surface area contributed by atoms with Gasteiger partial charge in [0.15, 0.2) is 5.82 Å². The molecule has 0 bridgehead atoms. The standard InChI is InChI=1S/C14H16N4O2S/c1-9-3-2-4-10(5-9)21-8-12-17-14(20-18-12)11-6-16-13(19)7-15-11/h2-5,11,15H,6-8H2,1H3,(H,16,19). The van der Waals surface area contributed by atoms with Crippen LogP contribution in [-0.4, -0.2) is 29.1 Å². The average molecular weight is 304 g/mol. The number of nitrogens with one attached hydrogen (secondary N) is 2. The molecule has 2 heterocycles. The van der Waals surface area contributed by atoms with Crippen LogP contribution in [0.5, 0.6) is 0 Å². The third-order valence-corrected chi connectivity index (χ3v) is 4.14. The van der Waals surface area contributed by atoms with Gasteiger partial charge < -0.3 is 9.84 Å². The first-order valence-electron chi connectivity index (χ1n) is 6.73. The van der Waals surface area contributed by atoms with E-state index in [-0.39, 0.29) is 18.5 Å². The Hall–Kier alpha value is -1.86. The zero-order valence-corrected chi connectivity index (χ0v) is 12.4. The fourth-order valence-electron chi connectivity index (χ4n) is 2.06. The molecule has 7 heteroatoms. The van der Waals surface area contributed by atoms with Gasteiger partial charge in [-0.15, -0.1) is 11.8 Å². The topological polar surface area (TPSA) is 80.0 Å². The van der Waals surface area contributed by atoms with Crippen LogP contribution < -0.4 is 10.6 Å². The fraction of sp³-hybridized carbons (Fsp3) is 0.357. The van der Waals surface area contributed by atoms with Crippen LogP contribution in [0, 0.1) is 6.92 Å². The number of rotatable bonds is 4. The van der Waals surface area contributed by atoms with Crippen molar-refractivity contribution in [3.63, 3.8) is 0 Å². The number of carbonyl (C=O) groups excluding carboxylic acids is 1. The van der Waals surface area contributed by atoms with Crippen molar-refractivity contribution in [1.82, 2.24) is 20.8 Å². The van der Waals surface area contributed by atoms with E-state index in [1.165, 1.54) is 10.5 Å². The van der Waals surface area contributed by atoms with Gasteiger partial charge in [-0.3, -0.25) is 10.1 Å². The molecule has 1 aromatic carbocycles. The van der Waals surface area contributed by atoms with Gasteiger partial charge in [0, 0.05) is 11.4 Å². The van der Waals surface area contributed by atoms with E-state index in [0.717, 1.165) is 0 Å². The second kappa shape index (κ2) is 6.28. The smallest absolute Gasteiger partial charge is 0.245 e. The van der Waals surface area contributed by atoms with Gasteiger partial charge in [-0.25, -0.2) is 0 Å². The summed E-state index contributed by atoms with van der Waals surface area (Å²) >= 11 is 1.67. The van der Waals surface area contributed by atoms with E-state index in [1.807, 2.05) is 6.07 Å². The van der Waals surface area contributed by atoms with E-state index in [1.54, 1.807) is 11.8 Å². The molecular formula is C14H16N4O2S. The number of carbonyl (C=O) groups is 1. The molecule has 110 valence electrons. The first-order chi connectivity index (χ1) is 10.2. The summed E-state index contributed by atoms with van der Waals surface area (Å²) in [6.07, 6.45) is 0. The van der Waals surface area contributed by atoms with E-state index < -0.39 is 0 Å². The molecule has 0 radical (unpaired) electrons. The van der Waals surface area contributed by atoms with Gasteiger partial charge in [-0.05, 0) is 19.1 Å². The molecule has 6 nitrogen and oxygen atoms in total. The van der Waals surface area contributed by atoms with Crippen LogP contribution in [-0.2, 0) is 10.5 Å². The monoisotopic (exact) mass is 304 g/mol. The van der Waals surface area contributed by atoms with Gasteiger partial charge in [0.05, 0.1) is 12.3 Å². The Balaban J connectivity index is 1.59. The summed E-state index contributed by atoms with van der Waals surface area (Å²) in [6.45, 7) is 2.82. The van der Waals surface area contributed by atoms with Crippen molar-refractivity contribution >= 4 is 17.7 Å². The largest absolute Gasteiger partial charge is 0.353 e. The van der Waals surface area contributed by atoms with Crippen molar-refractivity contribution in [3.8, 4) is 0 Å². The summed E-state index contributed by atoms with van der Waals surface area (Å²) in [5.74, 6) is 1.83. The molecule has 1 fully saturated rings. The van der Waals surface area contributed by atoms with E-state index in [4.69, 9.17) is 4.52 Å². The van der Waals surface area contributed by atoms with Crippen molar-refractivity contribution in [2.75, 3.05) is 13.1 Å². The highest BCUT2D eigenvalue weighted by molar-refractivity contribution is 7.98. The minimum absolute atomic E-state index is 0.0130. The lowest BCUT2D eigenvalue weighted by Crippen LogP contribution is -2.47. The van der Waals surface area contributed by atoms with Crippen LogP contribution >= 0.6 is 11.8 Å². The average Bonchev–Trinajstić information content (AvgIpc) is 2.95. The number of hydrogen-bond acceptors (Lipinski definition) is 6. The second-order valence-electron chi connectivity index (χ2n) is 4.89. The SMILES string of the molecule is Cc1cccc(SCc2noc(C3CNC(=O)CN3)n2)c1. The minimum atomic E-state index is -0.104. The van der Waals surface area contributed by atoms with Crippen molar-refractivity contribution in [2.45, 2.75) is 23.6 Å². The number of thioether (sulfide) groups is 1. The number of benzene rings is 1. The number of piperazine rings is 1. The molecule has 0 spiro atoms. The molecule has 0 aliphatic carbocycles. The van der Waals surface area contributed by atoms with Crippen LogP contribution in [0.1, 0.15) is 23.3 Å². The van der Waals surface area contributed by atoms with Crippen LogP contribution in [0.3, 0.4) is 0 Å². The van der Waals surface area contributed by atoms with Crippen LogP contribution in [0.15, 0.2) is 33.7 Å². The Morgan fingerprint density at radius 3 is 3.14 bits per heavy atom. The molecule has 3 rings (SSSR count). The summed E-state index contributed by atoms with van der Waals surface area (Å²) in [5, 5.41) is 9.82. The first-order valence-corrected chi connectivity index (χ1v) is 7.71. The molecule has 1 amide bonds. The number of amides is 1. The zero-order chi connectivity index (χ0) is 14.7. The van der Waals surface area contributed by atoms with Crippen molar-refractivity contribution in [2.24, 2.45) is 0 Å². The summed E-state index contributed by atoms with van der Waals surface area (Å²) in [5.41, 5.74) is 1.23. The molecule has 1 aliphatic rings. The van der Waals surface area contributed by atoms with Gasteiger partial charge in [0.2, 0.25) is 11.8 Å². The number of aromatic nitrogens is 2.